The minimum absolute atomic E-state index is 0.251. The molecule has 0 amide bonds. The van der Waals surface area contributed by atoms with Crippen LogP contribution in [0.3, 0.4) is 0 Å². The van der Waals surface area contributed by atoms with E-state index in [0.717, 1.165) is 35.2 Å². The van der Waals surface area contributed by atoms with E-state index in [1.165, 1.54) is 12.8 Å². The Morgan fingerprint density at radius 1 is 1.14 bits per heavy atom. The summed E-state index contributed by atoms with van der Waals surface area (Å²) in [5.74, 6) is -0.251. The van der Waals surface area contributed by atoms with Gasteiger partial charge in [0.05, 0.1) is 6.61 Å². The summed E-state index contributed by atoms with van der Waals surface area (Å²) in [6, 6.07) is 10.1. The summed E-state index contributed by atoms with van der Waals surface area (Å²) in [5, 5.41) is 0. The molecule has 0 aliphatic carbocycles. The molecule has 0 aliphatic rings. The third kappa shape index (κ3) is 3.59. The van der Waals surface area contributed by atoms with Crippen LogP contribution in [0.1, 0.15) is 54.7 Å². The van der Waals surface area contributed by atoms with E-state index in [0.29, 0.717) is 12.3 Å². The number of carbonyl (C=O) groups excluding carboxylic acids is 1. The predicted octanol–water partition coefficient (Wildman–Crippen LogP) is 4.90. The van der Waals surface area contributed by atoms with Gasteiger partial charge in [-0.2, -0.15) is 0 Å². The van der Waals surface area contributed by atoms with E-state index in [1.807, 2.05) is 25.1 Å². The van der Waals surface area contributed by atoms with Gasteiger partial charge < -0.3 is 9.72 Å². The van der Waals surface area contributed by atoms with Gasteiger partial charge in [0.2, 0.25) is 0 Å². The van der Waals surface area contributed by atoms with Crippen LogP contribution in [0.5, 0.6) is 0 Å². The lowest BCUT2D eigenvalue weighted by Gasteiger charge is -2.05. The number of carbonyl (C=O) groups is 1. The van der Waals surface area contributed by atoms with Crippen molar-refractivity contribution in [2.75, 3.05) is 6.61 Å². The molecule has 1 aromatic carbocycles. The van der Waals surface area contributed by atoms with Crippen LogP contribution in [0.2, 0.25) is 0 Å². The SMILES string of the molecule is CCCCCc1c(C(=O)OCC)[nH]c(-c2ccccc2)c1C. The number of nitrogens with one attached hydrogen (secondary N) is 1. The van der Waals surface area contributed by atoms with Crippen LogP contribution in [-0.4, -0.2) is 17.6 Å². The summed E-state index contributed by atoms with van der Waals surface area (Å²) in [6.45, 7) is 6.50. The molecule has 3 nitrogen and oxygen atoms in total. The van der Waals surface area contributed by atoms with Gasteiger partial charge >= 0.3 is 5.97 Å². The molecule has 0 saturated carbocycles. The van der Waals surface area contributed by atoms with Crippen LogP contribution in [-0.2, 0) is 11.2 Å². The molecule has 0 fully saturated rings. The Bertz CT molecular complexity index is 614. The molecule has 118 valence electrons. The second-order valence-electron chi connectivity index (χ2n) is 5.52. The van der Waals surface area contributed by atoms with Crippen molar-refractivity contribution in [3.05, 3.63) is 47.2 Å². The van der Waals surface area contributed by atoms with Gasteiger partial charge in [-0.1, -0.05) is 50.1 Å². The van der Waals surface area contributed by atoms with Gasteiger partial charge in [0.1, 0.15) is 5.69 Å². The largest absolute Gasteiger partial charge is 0.461 e. The first-order valence-corrected chi connectivity index (χ1v) is 8.13. The van der Waals surface area contributed by atoms with Gasteiger partial charge in [0.15, 0.2) is 0 Å². The molecular formula is C19H25NO2. The molecule has 1 N–H and O–H groups in total. The zero-order valence-electron chi connectivity index (χ0n) is 13.7. The fourth-order valence-electron chi connectivity index (χ4n) is 2.77. The maximum atomic E-state index is 12.2. The maximum absolute atomic E-state index is 12.2. The number of H-pyrrole nitrogens is 1. The van der Waals surface area contributed by atoms with Crippen LogP contribution in [0, 0.1) is 6.92 Å². The molecule has 0 bridgehead atoms. The summed E-state index contributed by atoms with van der Waals surface area (Å²) in [7, 11) is 0. The molecule has 0 spiro atoms. The molecule has 0 atom stereocenters. The Morgan fingerprint density at radius 2 is 1.86 bits per heavy atom. The lowest BCUT2D eigenvalue weighted by atomic mass is 10.0. The lowest BCUT2D eigenvalue weighted by molar-refractivity contribution is 0.0519. The number of ether oxygens (including phenoxy) is 1. The van der Waals surface area contributed by atoms with Crippen molar-refractivity contribution in [3.8, 4) is 11.3 Å². The molecular weight excluding hydrogens is 274 g/mol. The van der Waals surface area contributed by atoms with Gasteiger partial charge in [0, 0.05) is 5.69 Å². The minimum atomic E-state index is -0.251. The van der Waals surface area contributed by atoms with Gasteiger partial charge in [-0.3, -0.25) is 0 Å². The second kappa shape index (κ2) is 7.83. The average Bonchev–Trinajstić information content (AvgIpc) is 2.86. The van der Waals surface area contributed by atoms with Crippen molar-refractivity contribution in [1.82, 2.24) is 4.98 Å². The maximum Gasteiger partial charge on any atom is 0.355 e. The highest BCUT2D eigenvalue weighted by Gasteiger charge is 2.20. The van der Waals surface area contributed by atoms with Crippen LogP contribution < -0.4 is 0 Å². The molecule has 1 heterocycles. The highest BCUT2D eigenvalue weighted by molar-refractivity contribution is 5.91. The molecule has 1 aromatic heterocycles. The van der Waals surface area contributed by atoms with Crippen molar-refractivity contribution >= 4 is 5.97 Å². The first-order valence-electron chi connectivity index (χ1n) is 8.13. The molecule has 0 unspecified atom stereocenters. The topological polar surface area (TPSA) is 42.1 Å². The molecule has 2 aromatic rings. The number of esters is 1. The fourth-order valence-corrected chi connectivity index (χ4v) is 2.77. The average molecular weight is 299 g/mol. The molecule has 3 heteroatoms. The summed E-state index contributed by atoms with van der Waals surface area (Å²) >= 11 is 0. The van der Waals surface area contributed by atoms with Gasteiger partial charge in [-0.05, 0) is 43.4 Å². The second-order valence-corrected chi connectivity index (χ2v) is 5.52. The van der Waals surface area contributed by atoms with E-state index in [2.05, 4.69) is 31.0 Å². The number of benzene rings is 1. The zero-order chi connectivity index (χ0) is 15.9. The number of unbranched alkanes of at least 4 members (excludes halogenated alkanes) is 2. The van der Waals surface area contributed by atoms with Crippen LogP contribution in [0.15, 0.2) is 30.3 Å². The zero-order valence-corrected chi connectivity index (χ0v) is 13.7. The van der Waals surface area contributed by atoms with E-state index < -0.39 is 0 Å². The van der Waals surface area contributed by atoms with Gasteiger partial charge in [-0.25, -0.2) is 4.79 Å². The Morgan fingerprint density at radius 3 is 2.50 bits per heavy atom. The number of aromatic nitrogens is 1. The Kier molecular flexibility index (Phi) is 5.82. The summed E-state index contributed by atoms with van der Waals surface area (Å²) in [5.41, 5.74) is 5.01. The highest BCUT2D eigenvalue weighted by atomic mass is 16.5. The molecule has 2 rings (SSSR count). The standard InChI is InChI=1S/C19H25NO2/c1-4-6-8-13-16-14(3)17(15-11-9-7-10-12-15)20-18(16)19(21)22-5-2/h7,9-12,20H,4-6,8,13H2,1-3H3. The summed E-state index contributed by atoms with van der Waals surface area (Å²) < 4.78 is 5.21. The quantitative estimate of drug-likeness (QED) is 0.583. The van der Waals surface area contributed by atoms with Crippen molar-refractivity contribution in [3.63, 3.8) is 0 Å². The Hall–Kier alpha value is -2.03. The third-order valence-corrected chi connectivity index (χ3v) is 3.95. The normalized spacial score (nSPS) is 10.7. The number of hydrogen-bond acceptors (Lipinski definition) is 2. The first kappa shape index (κ1) is 16.3. The fraction of sp³-hybridized carbons (Fsp3) is 0.421. The van der Waals surface area contributed by atoms with Crippen LogP contribution in [0.25, 0.3) is 11.3 Å². The van der Waals surface area contributed by atoms with Crippen molar-refractivity contribution < 1.29 is 9.53 Å². The number of aromatic amines is 1. The minimum Gasteiger partial charge on any atom is -0.461 e. The monoisotopic (exact) mass is 299 g/mol. The van der Waals surface area contributed by atoms with Gasteiger partial charge in [-0.15, -0.1) is 0 Å². The summed E-state index contributed by atoms with van der Waals surface area (Å²) in [6.07, 6.45) is 4.35. The lowest BCUT2D eigenvalue weighted by Crippen LogP contribution is -2.08. The van der Waals surface area contributed by atoms with E-state index >= 15 is 0 Å². The smallest absolute Gasteiger partial charge is 0.355 e. The third-order valence-electron chi connectivity index (χ3n) is 3.95. The Balaban J connectivity index is 2.40. The molecule has 0 aliphatic heterocycles. The number of hydrogen-bond donors (Lipinski definition) is 1. The molecule has 22 heavy (non-hydrogen) atoms. The van der Waals surface area contributed by atoms with Crippen molar-refractivity contribution in [2.24, 2.45) is 0 Å². The van der Waals surface area contributed by atoms with E-state index in [9.17, 15) is 4.79 Å². The predicted molar refractivity (Wildman–Crippen MR) is 90.2 cm³/mol. The van der Waals surface area contributed by atoms with Crippen LogP contribution >= 0.6 is 0 Å². The van der Waals surface area contributed by atoms with Crippen molar-refractivity contribution in [1.29, 1.82) is 0 Å². The van der Waals surface area contributed by atoms with E-state index in [4.69, 9.17) is 4.74 Å². The van der Waals surface area contributed by atoms with Crippen LogP contribution in [0.4, 0.5) is 0 Å². The van der Waals surface area contributed by atoms with E-state index in [-0.39, 0.29) is 5.97 Å². The van der Waals surface area contributed by atoms with E-state index in [1.54, 1.807) is 0 Å². The van der Waals surface area contributed by atoms with Crippen molar-refractivity contribution in [2.45, 2.75) is 46.5 Å². The summed E-state index contributed by atoms with van der Waals surface area (Å²) in [4.78, 5) is 15.5. The van der Waals surface area contributed by atoms with Gasteiger partial charge in [0.25, 0.3) is 0 Å². The molecule has 0 radical (unpaired) electrons. The highest BCUT2D eigenvalue weighted by Crippen LogP contribution is 2.29. The number of rotatable bonds is 7. The first-order chi connectivity index (χ1) is 10.7. The Labute approximate surface area is 132 Å². The molecule has 0 saturated heterocycles.